The number of allylic oxidation sites excluding steroid dienone is 1. The first-order valence-electron chi connectivity index (χ1n) is 8.58. The summed E-state index contributed by atoms with van der Waals surface area (Å²) < 4.78 is 0. The highest BCUT2D eigenvalue weighted by atomic mass is 16.4. The zero-order valence-corrected chi connectivity index (χ0v) is 13.6. The molecular formula is C18H32O3. The van der Waals surface area contributed by atoms with Gasteiger partial charge in [-0.15, -0.1) is 0 Å². The minimum atomic E-state index is -0.866. The monoisotopic (exact) mass is 296 g/mol. The second-order valence-electron chi connectivity index (χ2n) is 5.75. The first kappa shape index (κ1) is 19.9. The summed E-state index contributed by atoms with van der Waals surface area (Å²) >= 11 is 0. The molecule has 0 saturated carbocycles. The average Bonchev–Trinajstić information content (AvgIpc) is 2.45. The van der Waals surface area contributed by atoms with Crippen molar-refractivity contribution in [2.45, 2.75) is 90.4 Å². The zero-order chi connectivity index (χ0) is 15.8. The first-order valence-corrected chi connectivity index (χ1v) is 8.58. The van der Waals surface area contributed by atoms with E-state index in [0.29, 0.717) is 5.78 Å². The minimum absolute atomic E-state index is 0.435. The van der Waals surface area contributed by atoms with Crippen LogP contribution in [0.2, 0.25) is 0 Å². The largest absolute Gasteiger partial charge is 0.478 e. The van der Waals surface area contributed by atoms with Gasteiger partial charge in [0, 0.05) is 18.9 Å². The van der Waals surface area contributed by atoms with Crippen LogP contribution in [0.5, 0.6) is 0 Å². The van der Waals surface area contributed by atoms with Gasteiger partial charge in [0.15, 0.2) is 0 Å². The number of unbranched alkanes of at least 4 members (excludes halogenated alkanes) is 9. The van der Waals surface area contributed by atoms with Crippen LogP contribution < -0.4 is 0 Å². The zero-order valence-electron chi connectivity index (χ0n) is 13.6. The molecule has 3 nitrogen and oxygen atoms in total. The van der Waals surface area contributed by atoms with Crippen LogP contribution >= 0.6 is 0 Å². The molecule has 0 aliphatic rings. The predicted octanol–water partition coefficient (Wildman–Crippen LogP) is 5.29. The maximum Gasteiger partial charge on any atom is 0.327 e. The molecule has 0 aromatic heterocycles. The molecule has 0 unspecified atom stereocenters. The van der Waals surface area contributed by atoms with Gasteiger partial charge < -0.3 is 5.11 Å². The number of hydrogen-bond donors (Lipinski definition) is 1. The van der Waals surface area contributed by atoms with Crippen molar-refractivity contribution >= 4 is 11.8 Å². The summed E-state index contributed by atoms with van der Waals surface area (Å²) in [5, 5.41) is 8.42. The fourth-order valence-corrected chi connectivity index (χ4v) is 2.35. The summed E-state index contributed by atoms with van der Waals surface area (Å²) in [5.74, 6) is -0.431. The fraction of sp³-hybridized carbons (Fsp3) is 0.778. The molecule has 0 fully saturated rings. The molecule has 3 heteroatoms. The lowest BCUT2D eigenvalue weighted by Gasteiger charge is -2.02. The molecule has 0 amide bonds. The van der Waals surface area contributed by atoms with Gasteiger partial charge in [-0.2, -0.15) is 0 Å². The summed E-state index contributed by atoms with van der Waals surface area (Å²) in [6, 6.07) is 0. The van der Waals surface area contributed by atoms with Crippen LogP contribution in [-0.2, 0) is 9.59 Å². The number of aliphatic carboxylic acids is 1. The Morgan fingerprint density at radius 1 is 0.810 bits per heavy atom. The molecule has 21 heavy (non-hydrogen) atoms. The van der Waals surface area contributed by atoms with Crippen molar-refractivity contribution < 1.29 is 14.7 Å². The normalized spacial score (nSPS) is 11.1. The van der Waals surface area contributed by atoms with Crippen LogP contribution in [0.25, 0.3) is 0 Å². The van der Waals surface area contributed by atoms with Gasteiger partial charge in [-0.1, -0.05) is 57.9 Å². The van der Waals surface area contributed by atoms with Gasteiger partial charge in [-0.3, -0.25) is 4.79 Å². The number of Topliss-reactive ketones (excluding diaryl/α,β-unsaturated/α-hetero) is 1. The quantitative estimate of drug-likeness (QED) is 0.330. The summed E-state index contributed by atoms with van der Waals surface area (Å²) in [6.07, 6.45) is 16.8. The number of carbonyl (C=O) groups excluding carboxylic acids is 1. The fourth-order valence-electron chi connectivity index (χ4n) is 2.35. The Labute approximate surface area is 129 Å². The van der Waals surface area contributed by atoms with Gasteiger partial charge in [0.1, 0.15) is 5.78 Å². The summed E-state index contributed by atoms with van der Waals surface area (Å²) in [7, 11) is 0. The molecule has 0 aliphatic carbocycles. The summed E-state index contributed by atoms with van der Waals surface area (Å²) in [4.78, 5) is 21.9. The van der Waals surface area contributed by atoms with Gasteiger partial charge >= 0.3 is 5.97 Å². The molecule has 0 radical (unpaired) electrons. The molecule has 0 aromatic carbocycles. The molecule has 0 heterocycles. The number of carboxylic acids is 1. The lowest BCUT2D eigenvalue weighted by atomic mass is 10.0. The number of ketones is 1. The Hall–Kier alpha value is -1.12. The summed E-state index contributed by atoms with van der Waals surface area (Å²) in [6.45, 7) is 2.18. The smallest absolute Gasteiger partial charge is 0.327 e. The molecule has 1 N–H and O–H groups in total. The van der Waals surface area contributed by atoms with Gasteiger partial charge in [-0.05, 0) is 25.7 Å². The number of hydrogen-bond acceptors (Lipinski definition) is 2. The molecule has 0 aromatic rings. The highest BCUT2D eigenvalue weighted by Crippen LogP contribution is 2.11. The summed E-state index contributed by atoms with van der Waals surface area (Å²) in [5.41, 5.74) is 0. The third-order valence-corrected chi connectivity index (χ3v) is 3.65. The van der Waals surface area contributed by atoms with Gasteiger partial charge in [0.05, 0.1) is 0 Å². The highest BCUT2D eigenvalue weighted by molar-refractivity contribution is 5.79. The van der Waals surface area contributed by atoms with Gasteiger partial charge in [0.25, 0.3) is 0 Å². The third kappa shape index (κ3) is 16.8. The second-order valence-corrected chi connectivity index (χ2v) is 5.75. The number of rotatable bonds is 15. The Kier molecular flexibility index (Phi) is 14.5. The van der Waals surface area contributed by atoms with Crippen LogP contribution in [-0.4, -0.2) is 16.9 Å². The van der Waals surface area contributed by atoms with E-state index in [0.717, 1.165) is 51.4 Å². The van der Waals surface area contributed by atoms with Crippen molar-refractivity contribution in [1.29, 1.82) is 0 Å². The van der Waals surface area contributed by atoms with E-state index in [1.54, 1.807) is 6.08 Å². The lowest BCUT2D eigenvalue weighted by Crippen LogP contribution is -1.97. The maximum absolute atomic E-state index is 11.6. The highest BCUT2D eigenvalue weighted by Gasteiger charge is 2.01. The van der Waals surface area contributed by atoms with Crippen LogP contribution in [0.15, 0.2) is 12.2 Å². The van der Waals surface area contributed by atoms with Crippen molar-refractivity contribution in [2.24, 2.45) is 0 Å². The van der Waals surface area contributed by atoms with E-state index < -0.39 is 5.97 Å². The van der Waals surface area contributed by atoms with E-state index in [4.69, 9.17) is 5.11 Å². The molecule has 0 spiro atoms. The van der Waals surface area contributed by atoms with E-state index in [1.165, 1.54) is 38.2 Å². The molecule has 0 bridgehead atoms. The van der Waals surface area contributed by atoms with E-state index in [-0.39, 0.29) is 0 Å². The standard InChI is InChI=1S/C18H32O3/c1-2-3-4-11-14-17(19)15-12-9-7-5-6-8-10-13-16-18(20)21/h13,16H,2-12,14-15H2,1H3,(H,20,21)/b16-13-. The third-order valence-electron chi connectivity index (χ3n) is 3.65. The van der Waals surface area contributed by atoms with E-state index in [2.05, 4.69) is 6.92 Å². The molecule has 0 atom stereocenters. The van der Waals surface area contributed by atoms with Crippen LogP contribution in [0, 0.1) is 0 Å². The SMILES string of the molecule is CCCCCCC(=O)CCCCCCCC/C=C\C(=O)O. The van der Waals surface area contributed by atoms with Crippen molar-refractivity contribution in [3.8, 4) is 0 Å². The maximum atomic E-state index is 11.6. The van der Waals surface area contributed by atoms with Crippen molar-refractivity contribution in [3.05, 3.63) is 12.2 Å². The lowest BCUT2D eigenvalue weighted by molar-refractivity contribution is -0.131. The Morgan fingerprint density at radius 3 is 1.90 bits per heavy atom. The molecular weight excluding hydrogens is 264 g/mol. The molecule has 122 valence electrons. The van der Waals surface area contributed by atoms with E-state index in [9.17, 15) is 9.59 Å². The predicted molar refractivity (Wildman–Crippen MR) is 87.5 cm³/mol. The Bertz CT molecular complexity index is 295. The number of carbonyl (C=O) groups is 2. The van der Waals surface area contributed by atoms with E-state index >= 15 is 0 Å². The average molecular weight is 296 g/mol. The van der Waals surface area contributed by atoms with Crippen molar-refractivity contribution in [3.63, 3.8) is 0 Å². The molecule has 0 aliphatic heterocycles. The van der Waals surface area contributed by atoms with Gasteiger partial charge in [-0.25, -0.2) is 4.79 Å². The second kappa shape index (κ2) is 15.3. The molecule has 0 rings (SSSR count). The van der Waals surface area contributed by atoms with Crippen LogP contribution in [0.3, 0.4) is 0 Å². The van der Waals surface area contributed by atoms with Crippen molar-refractivity contribution in [1.82, 2.24) is 0 Å². The van der Waals surface area contributed by atoms with Crippen LogP contribution in [0.4, 0.5) is 0 Å². The van der Waals surface area contributed by atoms with Crippen LogP contribution in [0.1, 0.15) is 90.4 Å². The van der Waals surface area contributed by atoms with E-state index in [1.807, 2.05) is 0 Å². The molecule has 0 saturated heterocycles. The topological polar surface area (TPSA) is 54.4 Å². The minimum Gasteiger partial charge on any atom is -0.478 e. The number of carboxylic acid groups (broad SMARTS) is 1. The first-order chi connectivity index (χ1) is 10.2. The Balaban J connectivity index is 3.21. The van der Waals surface area contributed by atoms with Crippen molar-refractivity contribution in [2.75, 3.05) is 0 Å². The van der Waals surface area contributed by atoms with Gasteiger partial charge in [0.2, 0.25) is 0 Å². The Morgan fingerprint density at radius 2 is 1.33 bits per heavy atom.